The molecule has 2 N–H and O–H groups in total. The van der Waals surface area contributed by atoms with Gasteiger partial charge in [-0.1, -0.05) is 13.3 Å². The van der Waals surface area contributed by atoms with Crippen LogP contribution in [0.25, 0.3) is 0 Å². The number of carbonyl (C=O) groups is 1. The Morgan fingerprint density at radius 1 is 1.53 bits per heavy atom. The summed E-state index contributed by atoms with van der Waals surface area (Å²) in [5.41, 5.74) is 1.49. The van der Waals surface area contributed by atoms with E-state index in [9.17, 15) is 4.79 Å². The summed E-state index contributed by atoms with van der Waals surface area (Å²) in [5.74, 6) is 0.674. The quantitative estimate of drug-likeness (QED) is 0.818. The molecule has 0 bridgehead atoms. The lowest BCUT2D eigenvalue weighted by molar-refractivity contribution is 0.0949. The van der Waals surface area contributed by atoms with Gasteiger partial charge in [0.25, 0.3) is 5.91 Å². The van der Waals surface area contributed by atoms with Crippen molar-refractivity contribution in [2.75, 3.05) is 11.9 Å². The Balaban J connectivity index is 2.03. The minimum Gasteiger partial charge on any atom is -0.383 e. The lowest BCUT2D eigenvalue weighted by Gasteiger charge is -2.10. The van der Waals surface area contributed by atoms with Crippen LogP contribution in [0.3, 0.4) is 0 Å². The maximum absolute atomic E-state index is 12.1. The van der Waals surface area contributed by atoms with Crippen molar-refractivity contribution >= 4 is 11.6 Å². The number of pyridine rings is 1. The molecule has 1 saturated carbocycles. The zero-order valence-electron chi connectivity index (χ0n) is 10.4. The second-order valence-corrected chi connectivity index (χ2v) is 4.44. The van der Waals surface area contributed by atoms with Crippen molar-refractivity contribution in [3.8, 4) is 0 Å². The van der Waals surface area contributed by atoms with Crippen LogP contribution in [0.15, 0.2) is 18.5 Å². The van der Waals surface area contributed by atoms with E-state index in [0.717, 1.165) is 25.1 Å². The third-order valence-corrected chi connectivity index (χ3v) is 3.20. The van der Waals surface area contributed by atoms with Gasteiger partial charge >= 0.3 is 0 Å². The fourth-order valence-electron chi connectivity index (χ4n) is 2.05. The third-order valence-electron chi connectivity index (χ3n) is 3.20. The van der Waals surface area contributed by atoms with Gasteiger partial charge in [0.1, 0.15) is 0 Å². The molecule has 0 saturated heterocycles. The number of nitrogens with one attached hydrogen (secondary N) is 2. The summed E-state index contributed by atoms with van der Waals surface area (Å²) >= 11 is 0. The molecule has 0 aliphatic heterocycles. The van der Waals surface area contributed by atoms with E-state index in [1.165, 1.54) is 0 Å². The Morgan fingerprint density at radius 3 is 3.00 bits per heavy atom. The number of amides is 1. The minimum atomic E-state index is 0.00398. The first kappa shape index (κ1) is 11.9. The number of carbonyl (C=O) groups excluding carboxylic acids is 1. The molecule has 1 amide bonds. The predicted molar refractivity (Wildman–Crippen MR) is 68.1 cm³/mol. The molecule has 0 spiro atoms. The molecular formula is C13H19N3O. The second-order valence-electron chi connectivity index (χ2n) is 4.44. The van der Waals surface area contributed by atoms with E-state index in [1.54, 1.807) is 18.5 Å². The van der Waals surface area contributed by atoms with Crippen molar-refractivity contribution in [2.45, 2.75) is 32.7 Å². The Hall–Kier alpha value is -1.58. The highest BCUT2D eigenvalue weighted by Gasteiger charge is 2.36. The maximum atomic E-state index is 12.1. The second kappa shape index (κ2) is 5.17. The van der Waals surface area contributed by atoms with Gasteiger partial charge in [-0.25, -0.2) is 0 Å². The average Bonchev–Trinajstić information content (AvgIpc) is 3.08. The molecule has 0 radical (unpaired) electrons. The largest absolute Gasteiger partial charge is 0.383 e. The number of rotatable bonds is 5. The van der Waals surface area contributed by atoms with E-state index >= 15 is 0 Å². The summed E-state index contributed by atoms with van der Waals surface area (Å²) in [7, 11) is 0. The molecule has 1 aromatic heterocycles. The van der Waals surface area contributed by atoms with Crippen molar-refractivity contribution in [3.63, 3.8) is 0 Å². The number of nitrogens with zero attached hydrogens (tertiary/aromatic N) is 1. The highest BCUT2D eigenvalue weighted by atomic mass is 16.1. The first-order valence-electron chi connectivity index (χ1n) is 6.25. The lowest BCUT2D eigenvalue weighted by Crippen LogP contribution is -2.27. The van der Waals surface area contributed by atoms with Crippen LogP contribution in [0.5, 0.6) is 0 Å². The van der Waals surface area contributed by atoms with E-state index < -0.39 is 0 Å². The molecule has 2 unspecified atom stereocenters. The summed E-state index contributed by atoms with van der Waals surface area (Å²) in [5, 5.41) is 6.22. The fourth-order valence-corrected chi connectivity index (χ4v) is 2.05. The monoisotopic (exact) mass is 233 g/mol. The van der Waals surface area contributed by atoms with Crippen LogP contribution in [0.2, 0.25) is 0 Å². The van der Waals surface area contributed by atoms with E-state index in [-0.39, 0.29) is 5.91 Å². The molecule has 2 atom stereocenters. The standard InChI is InChI=1S/C13H19N3O/c1-3-9-7-11(9)16-13(17)10-5-6-14-8-12(10)15-4-2/h5-6,8-9,11,15H,3-4,7H2,1-2H3,(H,16,17). The summed E-state index contributed by atoms with van der Waals surface area (Å²) < 4.78 is 0. The smallest absolute Gasteiger partial charge is 0.253 e. The van der Waals surface area contributed by atoms with Crippen molar-refractivity contribution in [3.05, 3.63) is 24.0 Å². The zero-order valence-corrected chi connectivity index (χ0v) is 10.4. The molecule has 4 heteroatoms. The molecule has 1 fully saturated rings. The summed E-state index contributed by atoms with van der Waals surface area (Å²) in [6, 6.07) is 2.13. The first-order valence-corrected chi connectivity index (χ1v) is 6.25. The molecule has 92 valence electrons. The van der Waals surface area contributed by atoms with Crippen molar-refractivity contribution in [1.82, 2.24) is 10.3 Å². The molecule has 1 aliphatic rings. The highest BCUT2D eigenvalue weighted by Crippen LogP contribution is 2.33. The zero-order chi connectivity index (χ0) is 12.3. The number of hydrogen-bond donors (Lipinski definition) is 2. The van der Waals surface area contributed by atoms with Crippen LogP contribution < -0.4 is 10.6 Å². The average molecular weight is 233 g/mol. The molecule has 1 aromatic rings. The molecule has 4 nitrogen and oxygen atoms in total. The first-order chi connectivity index (χ1) is 8.26. The van der Waals surface area contributed by atoms with Crippen LogP contribution in [-0.4, -0.2) is 23.5 Å². The Kier molecular flexibility index (Phi) is 3.61. The number of aromatic nitrogens is 1. The Bertz CT molecular complexity index is 405. The van der Waals surface area contributed by atoms with Crippen LogP contribution in [0.1, 0.15) is 37.0 Å². The summed E-state index contributed by atoms with van der Waals surface area (Å²) in [6.07, 6.45) is 5.60. The molecule has 1 heterocycles. The van der Waals surface area contributed by atoms with Gasteiger partial charge < -0.3 is 10.6 Å². The van der Waals surface area contributed by atoms with Crippen molar-refractivity contribution in [1.29, 1.82) is 0 Å². The molecule has 2 rings (SSSR count). The van der Waals surface area contributed by atoms with Crippen LogP contribution in [0, 0.1) is 5.92 Å². The topological polar surface area (TPSA) is 54.0 Å². The number of hydrogen-bond acceptors (Lipinski definition) is 3. The van der Waals surface area contributed by atoms with Gasteiger partial charge in [-0.15, -0.1) is 0 Å². The normalized spacial score (nSPS) is 22.0. The van der Waals surface area contributed by atoms with Gasteiger partial charge in [-0.05, 0) is 25.3 Å². The van der Waals surface area contributed by atoms with E-state index in [1.807, 2.05) is 6.92 Å². The minimum absolute atomic E-state index is 0.00398. The van der Waals surface area contributed by atoms with Crippen LogP contribution in [0.4, 0.5) is 5.69 Å². The fraction of sp³-hybridized carbons (Fsp3) is 0.538. The third kappa shape index (κ3) is 2.75. The maximum Gasteiger partial charge on any atom is 0.253 e. The van der Waals surface area contributed by atoms with Crippen LogP contribution >= 0.6 is 0 Å². The highest BCUT2D eigenvalue weighted by molar-refractivity contribution is 5.99. The Morgan fingerprint density at radius 2 is 2.35 bits per heavy atom. The molecule has 17 heavy (non-hydrogen) atoms. The van der Waals surface area contributed by atoms with E-state index in [4.69, 9.17) is 0 Å². The summed E-state index contributed by atoms with van der Waals surface area (Å²) in [4.78, 5) is 16.1. The van der Waals surface area contributed by atoms with Gasteiger partial charge in [0.15, 0.2) is 0 Å². The van der Waals surface area contributed by atoms with E-state index in [2.05, 4.69) is 22.5 Å². The van der Waals surface area contributed by atoms with Gasteiger partial charge in [-0.3, -0.25) is 9.78 Å². The van der Waals surface area contributed by atoms with E-state index in [0.29, 0.717) is 17.5 Å². The number of anilines is 1. The molecular weight excluding hydrogens is 214 g/mol. The van der Waals surface area contributed by atoms with Gasteiger partial charge in [0, 0.05) is 18.8 Å². The Labute approximate surface area is 102 Å². The van der Waals surface area contributed by atoms with Gasteiger partial charge in [0.05, 0.1) is 17.4 Å². The van der Waals surface area contributed by atoms with Crippen LogP contribution in [-0.2, 0) is 0 Å². The summed E-state index contributed by atoms with van der Waals surface area (Å²) in [6.45, 7) is 4.95. The van der Waals surface area contributed by atoms with Gasteiger partial charge in [-0.2, -0.15) is 0 Å². The molecule has 1 aliphatic carbocycles. The van der Waals surface area contributed by atoms with Gasteiger partial charge in [0.2, 0.25) is 0 Å². The SMILES string of the molecule is CCNc1cnccc1C(=O)NC1CC1CC. The predicted octanol–water partition coefficient (Wildman–Crippen LogP) is 2.04. The van der Waals surface area contributed by atoms with Crippen molar-refractivity contribution < 1.29 is 4.79 Å². The van der Waals surface area contributed by atoms with Crippen molar-refractivity contribution in [2.24, 2.45) is 5.92 Å². The lowest BCUT2D eigenvalue weighted by atomic mass is 10.2. The molecule has 0 aromatic carbocycles.